The highest BCUT2D eigenvalue weighted by atomic mass is 16.7. The Morgan fingerprint density at radius 1 is 1.45 bits per heavy atom. The topological polar surface area (TPSA) is 87.3 Å². The first-order valence-electron chi connectivity index (χ1n) is 7.92. The molecular formula is C15H22N4O3. The van der Waals surface area contributed by atoms with Gasteiger partial charge in [0.05, 0.1) is 18.6 Å². The van der Waals surface area contributed by atoms with Gasteiger partial charge in [0, 0.05) is 37.5 Å². The van der Waals surface area contributed by atoms with Crippen LogP contribution in [0.5, 0.6) is 0 Å². The fourth-order valence-corrected chi connectivity index (χ4v) is 2.93. The van der Waals surface area contributed by atoms with Gasteiger partial charge in [0.1, 0.15) is 0 Å². The van der Waals surface area contributed by atoms with Crippen molar-refractivity contribution in [2.45, 2.75) is 44.1 Å². The molecule has 1 aromatic rings. The number of hydrogen-bond acceptors (Lipinski definition) is 5. The Morgan fingerprint density at radius 2 is 2.32 bits per heavy atom. The molecule has 1 saturated heterocycles. The summed E-state index contributed by atoms with van der Waals surface area (Å²) in [4.78, 5) is 35.3. The van der Waals surface area contributed by atoms with Crippen LogP contribution in [0.4, 0.5) is 0 Å². The van der Waals surface area contributed by atoms with Crippen LogP contribution in [0.2, 0.25) is 0 Å². The molecule has 2 fully saturated rings. The maximum absolute atomic E-state index is 11.9. The molecule has 3 rings (SSSR count). The molecule has 2 heterocycles. The van der Waals surface area contributed by atoms with Crippen molar-refractivity contribution in [1.29, 1.82) is 0 Å². The minimum atomic E-state index is -0.126. The second-order valence-electron chi connectivity index (χ2n) is 5.99. The molecule has 1 aliphatic heterocycles. The van der Waals surface area contributed by atoms with Crippen LogP contribution in [0.25, 0.3) is 0 Å². The molecule has 1 aromatic heterocycles. The Labute approximate surface area is 129 Å². The van der Waals surface area contributed by atoms with E-state index in [4.69, 9.17) is 4.84 Å². The third kappa shape index (κ3) is 3.92. The van der Waals surface area contributed by atoms with Crippen molar-refractivity contribution in [3.8, 4) is 0 Å². The first-order chi connectivity index (χ1) is 10.7. The highest BCUT2D eigenvalue weighted by Gasteiger charge is 2.32. The first-order valence-corrected chi connectivity index (χ1v) is 7.92. The lowest BCUT2D eigenvalue weighted by Gasteiger charge is -2.35. The Morgan fingerprint density at radius 3 is 3.05 bits per heavy atom. The number of carbonyl (C=O) groups is 1. The highest BCUT2D eigenvalue weighted by Crippen LogP contribution is 2.35. The summed E-state index contributed by atoms with van der Waals surface area (Å²) >= 11 is 0. The second-order valence-corrected chi connectivity index (χ2v) is 5.99. The van der Waals surface area contributed by atoms with E-state index < -0.39 is 0 Å². The van der Waals surface area contributed by atoms with Crippen LogP contribution in [0.15, 0.2) is 17.2 Å². The normalized spacial score (nSPS) is 25.5. The zero-order valence-corrected chi connectivity index (χ0v) is 12.6. The molecule has 0 spiro atoms. The Balaban J connectivity index is 1.36. The van der Waals surface area contributed by atoms with E-state index in [-0.39, 0.29) is 23.4 Å². The van der Waals surface area contributed by atoms with Gasteiger partial charge < -0.3 is 10.3 Å². The van der Waals surface area contributed by atoms with E-state index in [0.29, 0.717) is 13.0 Å². The zero-order chi connectivity index (χ0) is 15.4. The number of nitrogens with zero attached hydrogens (tertiary/aromatic N) is 2. The molecule has 0 radical (unpaired) electrons. The highest BCUT2D eigenvalue weighted by molar-refractivity contribution is 5.76. The lowest BCUT2D eigenvalue weighted by Crippen LogP contribution is -2.44. The number of hydroxylamine groups is 2. The van der Waals surface area contributed by atoms with Crippen molar-refractivity contribution in [2.24, 2.45) is 0 Å². The minimum Gasteiger partial charge on any atom is -0.353 e. The van der Waals surface area contributed by atoms with E-state index >= 15 is 0 Å². The fraction of sp³-hybridized carbons (Fsp3) is 0.667. The molecular weight excluding hydrogens is 284 g/mol. The van der Waals surface area contributed by atoms with Gasteiger partial charge in [-0.3, -0.25) is 14.4 Å². The minimum absolute atomic E-state index is 0.0662. The summed E-state index contributed by atoms with van der Waals surface area (Å²) in [6.07, 6.45) is 5.83. The van der Waals surface area contributed by atoms with Gasteiger partial charge in [-0.2, -0.15) is 5.06 Å². The molecule has 1 amide bonds. The molecule has 2 aliphatic rings. The molecule has 7 nitrogen and oxygen atoms in total. The quantitative estimate of drug-likeness (QED) is 0.829. The van der Waals surface area contributed by atoms with Gasteiger partial charge in [0.2, 0.25) is 5.91 Å². The number of nitrogens with one attached hydrogen (secondary N) is 2. The average Bonchev–Trinajstić information content (AvgIpc) is 2.49. The van der Waals surface area contributed by atoms with Crippen LogP contribution >= 0.6 is 0 Å². The summed E-state index contributed by atoms with van der Waals surface area (Å²) in [6.45, 7) is 2.32. The molecule has 1 saturated carbocycles. The number of amides is 1. The number of rotatable bonds is 5. The molecule has 120 valence electrons. The van der Waals surface area contributed by atoms with Crippen molar-refractivity contribution in [3.05, 3.63) is 28.4 Å². The van der Waals surface area contributed by atoms with E-state index in [9.17, 15) is 9.59 Å². The maximum atomic E-state index is 11.9. The van der Waals surface area contributed by atoms with Crippen LogP contribution in [-0.4, -0.2) is 46.7 Å². The third-order valence-electron chi connectivity index (χ3n) is 4.28. The average molecular weight is 306 g/mol. The second kappa shape index (κ2) is 7.02. The first kappa shape index (κ1) is 15.2. The standard InChI is InChI=1S/C15H22N4O3/c20-14(3-5-19-4-1-2-6-22-19)18-12-7-11(8-12)13-9-15(21)17-10-16-13/h9-12H,1-8H2,(H,18,20)(H,16,17,21). The predicted octanol–water partition coefficient (Wildman–Crippen LogP) is 0.550. The summed E-state index contributed by atoms with van der Waals surface area (Å²) in [7, 11) is 0. The molecule has 1 aliphatic carbocycles. The largest absolute Gasteiger partial charge is 0.353 e. The van der Waals surface area contributed by atoms with Crippen LogP contribution in [0, 0.1) is 0 Å². The Hall–Kier alpha value is -1.73. The van der Waals surface area contributed by atoms with Crippen LogP contribution in [-0.2, 0) is 9.63 Å². The lowest BCUT2D eigenvalue weighted by atomic mass is 9.78. The molecule has 0 bridgehead atoms. The zero-order valence-electron chi connectivity index (χ0n) is 12.6. The van der Waals surface area contributed by atoms with Gasteiger partial charge in [-0.25, -0.2) is 4.98 Å². The summed E-state index contributed by atoms with van der Waals surface area (Å²) in [5.74, 6) is 0.342. The van der Waals surface area contributed by atoms with Gasteiger partial charge in [0.25, 0.3) is 5.56 Å². The molecule has 2 N–H and O–H groups in total. The summed E-state index contributed by atoms with van der Waals surface area (Å²) in [6, 6.07) is 1.73. The maximum Gasteiger partial charge on any atom is 0.250 e. The fourth-order valence-electron chi connectivity index (χ4n) is 2.93. The summed E-state index contributed by atoms with van der Waals surface area (Å²) < 4.78 is 0. The lowest BCUT2D eigenvalue weighted by molar-refractivity contribution is -0.181. The number of aromatic nitrogens is 2. The third-order valence-corrected chi connectivity index (χ3v) is 4.28. The van der Waals surface area contributed by atoms with Gasteiger partial charge in [-0.05, 0) is 25.7 Å². The van der Waals surface area contributed by atoms with Crippen LogP contribution in [0.1, 0.15) is 43.7 Å². The predicted molar refractivity (Wildman–Crippen MR) is 80.1 cm³/mol. The molecule has 0 aromatic carbocycles. The van der Waals surface area contributed by atoms with Gasteiger partial charge in [0.15, 0.2) is 0 Å². The van der Waals surface area contributed by atoms with Gasteiger partial charge in [-0.15, -0.1) is 0 Å². The monoisotopic (exact) mass is 306 g/mol. The van der Waals surface area contributed by atoms with Crippen molar-refractivity contribution < 1.29 is 9.63 Å². The van der Waals surface area contributed by atoms with Crippen LogP contribution in [0.3, 0.4) is 0 Å². The van der Waals surface area contributed by atoms with Crippen molar-refractivity contribution in [1.82, 2.24) is 20.3 Å². The summed E-state index contributed by atoms with van der Waals surface area (Å²) in [5.41, 5.74) is 0.690. The number of aromatic amines is 1. The molecule has 22 heavy (non-hydrogen) atoms. The van der Waals surface area contributed by atoms with Crippen molar-refractivity contribution in [3.63, 3.8) is 0 Å². The van der Waals surface area contributed by atoms with E-state index in [1.54, 1.807) is 0 Å². The van der Waals surface area contributed by atoms with Gasteiger partial charge in [-0.1, -0.05) is 0 Å². The van der Waals surface area contributed by atoms with E-state index in [1.807, 2.05) is 5.06 Å². The SMILES string of the molecule is O=C(CCN1CCCCO1)NC1CC(c2cc(=O)[nH]cn2)C1. The summed E-state index contributed by atoms with van der Waals surface area (Å²) in [5, 5.41) is 4.92. The Bertz CT molecular complexity index is 562. The van der Waals surface area contributed by atoms with E-state index in [0.717, 1.165) is 44.5 Å². The van der Waals surface area contributed by atoms with E-state index in [2.05, 4.69) is 15.3 Å². The smallest absolute Gasteiger partial charge is 0.250 e. The molecule has 7 heteroatoms. The number of hydrogen-bond donors (Lipinski definition) is 2. The molecule has 0 atom stereocenters. The van der Waals surface area contributed by atoms with Crippen molar-refractivity contribution in [2.75, 3.05) is 19.7 Å². The van der Waals surface area contributed by atoms with Gasteiger partial charge >= 0.3 is 0 Å². The Kier molecular flexibility index (Phi) is 4.84. The van der Waals surface area contributed by atoms with Crippen molar-refractivity contribution >= 4 is 5.91 Å². The number of H-pyrrole nitrogens is 1. The van der Waals surface area contributed by atoms with Crippen LogP contribution < -0.4 is 10.9 Å². The molecule has 0 unspecified atom stereocenters. The van der Waals surface area contributed by atoms with E-state index in [1.165, 1.54) is 12.4 Å². The number of carbonyl (C=O) groups excluding carboxylic acids is 1.